The van der Waals surface area contributed by atoms with Gasteiger partial charge in [-0.3, -0.25) is 0 Å². The monoisotopic (exact) mass is 195 g/mol. The summed E-state index contributed by atoms with van der Waals surface area (Å²) in [5, 5.41) is 3.29. The van der Waals surface area contributed by atoms with E-state index in [0.717, 1.165) is 19.5 Å². The van der Waals surface area contributed by atoms with Crippen LogP contribution in [0.4, 0.5) is 0 Å². The average Bonchev–Trinajstić information content (AvgIpc) is 2.05. The molecule has 1 rings (SSSR count). The standard InChI is InChI=1S/C8H17NO2.ClH/c1-8(11-3)6-9-5-4-7(8)10-2;/h7,9H,4-6H2,1-3H3;1H/t7-,8+;/m1./s1. The molecule has 1 saturated heterocycles. The van der Waals surface area contributed by atoms with Crippen LogP contribution in [0.2, 0.25) is 0 Å². The molecular weight excluding hydrogens is 178 g/mol. The zero-order valence-electron chi connectivity index (χ0n) is 7.92. The Morgan fingerprint density at radius 2 is 2.08 bits per heavy atom. The van der Waals surface area contributed by atoms with Crippen LogP contribution in [0.5, 0.6) is 0 Å². The minimum Gasteiger partial charge on any atom is -0.378 e. The van der Waals surface area contributed by atoms with Crippen LogP contribution >= 0.6 is 12.4 Å². The van der Waals surface area contributed by atoms with Gasteiger partial charge in [0.25, 0.3) is 0 Å². The van der Waals surface area contributed by atoms with Gasteiger partial charge in [0.05, 0.1) is 6.10 Å². The number of ether oxygens (including phenoxy) is 2. The van der Waals surface area contributed by atoms with Crippen LogP contribution in [-0.4, -0.2) is 39.0 Å². The molecule has 0 aromatic carbocycles. The Balaban J connectivity index is 0.00000121. The molecule has 1 aliphatic rings. The number of rotatable bonds is 2. The summed E-state index contributed by atoms with van der Waals surface area (Å²) >= 11 is 0. The minimum absolute atomic E-state index is 0. The molecule has 0 aliphatic carbocycles. The van der Waals surface area contributed by atoms with Gasteiger partial charge in [-0.2, -0.15) is 0 Å². The minimum atomic E-state index is -0.146. The SMILES string of the molecule is CO[C@@H]1CCNC[C@]1(C)OC.Cl. The molecule has 0 radical (unpaired) electrons. The summed E-state index contributed by atoms with van der Waals surface area (Å²) in [6.07, 6.45) is 1.26. The lowest BCUT2D eigenvalue weighted by Crippen LogP contribution is -2.55. The number of piperidine rings is 1. The van der Waals surface area contributed by atoms with Gasteiger partial charge in [0.1, 0.15) is 5.60 Å². The Hall–Kier alpha value is 0.170. The van der Waals surface area contributed by atoms with E-state index in [2.05, 4.69) is 12.2 Å². The van der Waals surface area contributed by atoms with Crippen LogP contribution in [0.1, 0.15) is 13.3 Å². The molecule has 1 heterocycles. The molecule has 0 amide bonds. The first kappa shape index (κ1) is 12.2. The summed E-state index contributed by atoms with van der Waals surface area (Å²) in [6, 6.07) is 0. The predicted molar refractivity (Wildman–Crippen MR) is 50.9 cm³/mol. The second-order valence-corrected chi connectivity index (χ2v) is 3.21. The molecule has 74 valence electrons. The van der Waals surface area contributed by atoms with Gasteiger partial charge in [0, 0.05) is 20.8 Å². The topological polar surface area (TPSA) is 30.5 Å². The number of halogens is 1. The van der Waals surface area contributed by atoms with E-state index >= 15 is 0 Å². The van der Waals surface area contributed by atoms with Gasteiger partial charge in [0.2, 0.25) is 0 Å². The zero-order chi connectivity index (χ0) is 8.32. The lowest BCUT2D eigenvalue weighted by molar-refractivity contribution is -0.118. The highest BCUT2D eigenvalue weighted by molar-refractivity contribution is 5.85. The Morgan fingerprint density at radius 3 is 2.50 bits per heavy atom. The Bertz CT molecular complexity index is 134. The number of methoxy groups -OCH3 is 2. The van der Waals surface area contributed by atoms with E-state index in [-0.39, 0.29) is 24.1 Å². The Labute approximate surface area is 80.2 Å². The van der Waals surface area contributed by atoms with E-state index in [4.69, 9.17) is 9.47 Å². The van der Waals surface area contributed by atoms with Crippen LogP contribution in [-0.2, 0) is 9.47 Å². The number of nitrogens with one attached hydrogen (secondary N) is 1. The van der Waals surface area contributed by atoms with Crippen molar-refractivity contribution in [2.75, 3.05) is 27.3 Å². The van der Waals surface area contributed by atoms with E-state index in [1.807, 2.05) is 0 Å². The van der Waals surface area contributed by atoms with Crippen molar-refractivity contribution in [3.8, 4) is 0 Å². The molecule has 1 aliphatic heterocycles. The van der Waals surface area contributed by atoms with Crippen molar-refractivity contribution in [3.05, 3.63) is 0 Å². The van der Waals surface area contributed by atoms with Gasteiger partial charge in [0.15, 0.2) is 0 Å². The van der Waals surface area contributed by atoms with Gasteiger partial charge in [-0.1, -0.05) is 0 Å². The number of hydrogen-bond acceptors (Lipinski definition) is 3. The summed E-state index contributed by atoms with van der Waals surface area (Å²) in [6.45, 7) is 3.98. The first-order valence-corrected chi connectivity index (χ1v) is 4.01. The van der Waals surface area contributed by atoms with E-state index in [1.165, 1.54) is 0 Å². The summed E-state index contributed by atoms with van der Waals surface area (Å²) in [7, 11) is 3.48. The smallest absolute Gasteiger partial charge is 0.103 e. The van der Waals surface area contributed by atoms with Crippen LogP contribution < -0.4 is 5.32 Å². The highest BCUT2D eigenvalue weighted by atomic mass is 35.5. The van der Waals surface area contributed by atoms with Gasteiger partial charge < -0.3 is 14.8 Å². The van der Waals surface area contributed by atoms with Crippen molar-refractivity contribution < 1.29 is 9.47 Å². The van der Waals surface area contributed by atoms with Crippen LogP contribution in [0.25, 0.3) is 0 Å². The largest absolute Gasteiger partial charge is 0.378 e. The maximum Gasteiger partial charge on any atom is 0.103 e. The van der Waals surface area contributed by atoms with Gasteiger partial charge >= 0.3 is 0 Å². The molecule has 1 N–H and O–H groups in total. The molecule has 4 heteroatoms. The number of hydrogen-bond donors (Lipinski definition) is 1. The highest BCUT2D eigenvalue weighted by Gasteiger charge is 2.36. The molecular formula is C8H18ClNO2. The Kier molecular flexibility index (Phi) is 5.09. The van der Waals surface area contributed by atoms with Gasteiger partial charge in [-0.25, -0.2) is 0 Å². The molecule has 12 heavy (non-hydrogen) atoms. The molecule has 0 aromatic rings. The van der Waals surface area contributed by atoms with E-state index in [9.17, 15) is 0 Å². The molecule has 2 atom stereocenters. The predicted octanol–water partition coefficient (Wildman–Crippen LogP) is 0.822. The van der Waals surface area contributed by atoms with Crippen LogP contribution in [0.3, 0.4) is 0 Å². The van der Waals surface area contributed by atoms with Crippen molar-refractivity contribution in [3.63, 3.8) is 0 Å². The maximum atomic E-state index is 5.39. The van der Waals surface area contributed by atoms with Crippen molar-refractivity contribution in [2.24, 2.45) is 0 Å². The quantitative estimate of drug-likeness (QED) is 0.708. The third-order valence-electron chi connectivity index (χ3n) is 2.49. The molecule has 0 spiro atoms. The Morgan fingerprint density at radius 1 is 1.42 bits per heavy atom. The van der Waals surface area contributed by atoms with E-state index < -0.39 is 0 Å². The second-order valence-electron chi connectivity index (χ2n) is 3.21. The second kappa shape index (κ2) is 5.02. The molecule has 0 saturated carbocycles. The fourth-order valence-electron chi connectivity index (χ4n) is 1.56. The van der Waals surface area contributed by atoms with Gasteiger partial charge in [-0.15, -0.1) is 12.4 Å². The van der Waals surface area contributed by atoms with E-state index in [1.54, 1.807) is 14.2 Å². The maximum absolute atomic E-state index is 5.39. The van der Waals surface area contributed by atoms with E-state index in [0.29, 0.717) is 0 Å². The van der Waals surface area contributed by atoms with Gasteiger partial charge in [-0.05, 0) is 19.9 Å². The molecule has 1 fully saturated rings. The first-order valence-electron chi connectivity index (χ1n) is 4.01. The molecule has 0 aromatic heterocycles. The average molecular weight is 196 g/mol. The lowest BCUT2D eigenvalue weighted by atomic mass is 9.92. The van der Waals surface area contributed by atoms with Crippen LogP contribution in [0.15, 0.2) is 0 Å². The first-order chi connectivity index (χ1) is 5.23. The molecule has 0 bridgehead atoms. The molecule has 3 nitrogen and oxygen atoms in total. The normalized spacial score (nSPS) is 35.8. The summed E-state index contributed by atoms with van der Waals surface area (Å²) < 4.78 is 10.7. The zero-order valence-corrected chi connectivity index (χ0v) is 8.74. The highest BCUT2D eigenvalue weighted by Crippen LogP contribution is 2.22. The van der Waals surface area contributed by atoms with Crippen LogP contribution in [0, 0.1) is 0 Å². The third kappa shape index (κ3) is 2.33. The third-order valence-corrected chi connectivity index (χ3v) is 2.49. The summed E-state index contributed by atoms with van der Waals surface area (Å²) in [4.78, 5) is 0. The van der Waals surface area contributed by atoms with Crippen molar-refractivity contribution in [1.82, 2.24) is 5.32 Å². The lowest BCUT2D eigenvalue weighted by Gasteiger charge is -2.39. The fourth-order valence-corrected chi connectivity index (χ4v) is 1.56. The van der Waals surface area contributed by atoms with Crippen molar-refractivity contribution in [2.45, 2.75) is 25.0 Å². The van der Waals surface area contributed by atoms with Crippen molar-refractivity contribution >= 4 is 12.4 Å². The summed E-state index contributed by atoms with van der Waals surface area (Å²) in [5.74, 6) is 0. The summed E-state index contributed by atoms with van der Waals surface area (Å²) in [5.41, 5.74) is -0.146. The van der Waals surface area contributed by atoms with Crippen molar-refractivity contribution in [1.29, 1.82) is 0 Å². The fraction of sp³-hybridized carbons (Fsp3) is 1.00. The molecule has 0 unspecified atom stereocenters.